The molecule has 0 aromatic carbocycles. The van der Waals surface area contributed by atoms with E-state index in [9.17, 15) is 0 Å². The molecule has 0 atom stereocenters. The summed E-state index contributed by atoms with van der Waals surface area (Å²) in [6.45, 7) is 2.29. The maximum absolute atomic E-state index is 4.25. The predicted molar refractivity (Wildman–Crippen MR) is 56.9 cm³/mol. The summed E-state index contributed by atoms with van der Waals surface area (Å²) in [6, 6.07) is 0. The average Bonchev–Trinajstić information content (AvgIpc) is 2.57. The Morgan fingerprint density at radius 2 is 2.08 bits per heavy atom. The van der Waals surface area contributed by atoms with Gasteiger partial charge in [0.2, 0.25) is 0 Å². The minimum Gasteiger partial charge on any atom is -0.297 e. The van der Waals surface area contributed by atoms with Crippen molar-refractivity contribution in [2.75, 3.05) is 18.4 Å². The van der Waals surface area contributed by atoms with Gasteiger partial charge >= 0.3 is 0 Å². The molecule has 0 saturated heterocycles. The van der Waals surface area contributed by atoms with Crippen LogP contribution >= 0.6 is 15.9 Å². The van der Waals surface area contributed by atoms with E-state index in [0.717, 1.165) is 24.8 Å². The molecule has 0 spiro atoms. The van der Waals surface area contributed by atoms with E-state index < -0.39 is 0 Å². The standard InChI is InChI=1S/C9H17BrN2/c10-6-3-1-2-4-8-12-9-5-7-11-12/h7H,1-6,8-9H2. The van der Waals surface area contributed by atoms with E-state index >= 15 is 0 Å². The molecule has 0 bridgehead atoms. The van der Waals surface area contributed by atoms with Gasteiger partial charge in [-0.2, -0.15) is 5.10 Å². The topological polar surface area (TPSA) is 15.6 Å². The summed E-state index contributed by atoms with van der Waals surface area (Å²) in [5.41, 5.74) is 0. The molecule has 70 valence electrons. The number of unbranched alkanes of at least 4 members (excludes halogenated alkanes) is 3. The van der Waals surface area contributed by atoms with Gasteiger partial charge in [-0.15, -0.1) is 0 Å². The Labute approximate surface area is 83.1 Å². The molecule has 3 heteroatoms. The first kappa shape index (κ1) is 10.0. The summed E-state index contributed by atoms with van der Waals surface area (Å²) in [5.74, 6) is 0. The van der Waals surface area contributed by atoms with Gasteiger partial charge in [0.15, 0.2) is 0 Å². The molecular formula is C9H17BrN2. The van der Waals surface area contributed by atoms with Gasteiger partial charge < -0.3 is 0 Å². The molecule has 1 rings (SSSR count). The lowest BCUT2D eigenvalue weighted by molar-refractivity contribution is 0.309. The summed E-state index contributed by atoms with van der Waals surface area (Å²) in [5, 5.41) is 7.57. The fourth-order valence-corrected chi connectivity index (χ4v) is 1.75. The lowest BCUT2D eigenvalue weighted by atomic mass is 10.2. The van der Waals surface area contributed by atoms with Crippen LogP contribution in [-0.4, -0.2) is 29.6 Å². The Morgan fingerprint density at radius 3 is 2.75 bits per heavy atom. The van der Waals surface area contributed by atoms with Crippen molar-refractivity contribution in [3.05, 3.63) is 0 Å². The van der Waals surface area contributed by atoms with Gasteiger partial charge in [0.1, 0.15) is 0 Å². The maximum Gasteiger partial charge on any atom is 0.0410 e. The number of halogens is 1. The number of hydrazone groups is 1. The van der Waals surface area contributed by atoms with Gasteiger partial charge in [-0.3, -0.25) is 5.01 Å². The van der Waals surface area contributed by atoms with Crippen LogP contribution in [0.25, 0.3) is 0 Å². The fraction of sp³-hybridized carbons (Fsp3) is 0.889. The summed E-state index contributed by atoms with van der Waals surface area (Å²) < 4.78 is 0. The van der Waals surface area contributed by atoms with E-state index in [1.54, 1.807) is 0 Å². The number of hydrogen-bond acceptors (Lipinski definition) is 2. The van der Waals surface area contributed by atoms with Crippen molar-refractivity contribution in [3.63, 3.8) is 0 Å². The van der Waals surface area contributed by atoms with Crippen LogP contribution < -0.4 is 0 Å². The second kappa shape index (κ2) is 6.46. The summed E-state index contributed by atoms with van der Waals surface area (Å²) in [4.78, 5) is 0. The Hall–Kier alpha value is -0.0500. The summed E-state index contributed by atoms with van der Waals surface area (Å²) in [7, 11) is 0. The molecule has 0 unspecified atom stereocenters. The van der Waals surface area contributed by atoms with E-state index in [0.29, 0.717) is 0 Å². The van der Waals surface area contributed by atoms with Gasteiger partial charge in [0, 0.05) is 31.1 Å². The van der Waals surface area contributed by atoms with Gasteiger partial charge in [0.05, 0.1) is 0 Å². The molecule has 2 nitrogen and oxygen atoms in total. The van der Waals surface area contributed by atoms with Crippen LogP contribution in [0.5, 0.6) is 0 Å². The Bertz CT molecular complexity index is 136. The minimum absolute atomic E-state index is 1.14. The summed E-state index contributed by atoms with van der Waals surface area (Å²) in [6.07, 6.45) is 8.45. The number of hydrogen-bond donors (Lipinski definition) is 0. The molecule has 0 saturated carbocycles. The molecule has 1 aliphatic heterocycles. The van der Waals surface area contributed by atoms with Gasteiger partial charge in [-0.05, 0) is 12.8 Å². The van der Waals surface area contributed by atoms with E-state index in [2.05, 4.69) is 26.0 Å². The van der Waals surface area contributed by atoms with Crippen molar-refractivity contribution in [1.82, 2.24) is 5.01 Å². The van der Waals surface area contributed by atoms with E-state index in [1.165, 1.54) is 25.7 Å². The third-order valence-electron chi connectivity index (χ3n) is 2.06. The van der Waals surface area contributed by atoms with Gasteiger partial charge in [-0.1, -0.05) is 28.8 Å². The van der Waals surface area contributed by atoms with Gasteiger partial charge in [0.25, 0.3) is 0 Å². The lowest BCUT2D eigenvalue weighted by Crippen LogP contribution is -2.15. The lowest BCUT2D eigenvalue weighted by Gasteiger charge is -2.12. The highest BCUT2D eigenvalue weighted by Gasteiger charge is 2.03. The zero-order chi connectivity index (χ0) is 8.65. The highest BCUT2D eigenvalue weighted by molar-refractivity contribution is 9.09. The number of rotatable bonds is 6. The quantitative estimate of drug-likeness (QED) is 0.508. The molecule has 0 N–H and O–H groups in total. The highest BCUT2D eigenvalue weighted by Crippen LogP contribution is 2.06. The number of alkyl halides is 1. The Balaban J connectivity index is 1.85. The van der Waals surface area contributed by atoms with Crippen LogP contribution in [0.15, 0.2) is 5.10 Å². The third-order valence-corrected chi connectivity index (χ3v) is 2.62. The van der Waals surface area contributed by atoms with Crippen molar-refractivity contribution in [2.24, 2.45) is 5.10 Å². The predicted octanol–water partition coefficient (Wildman–Crippen LogP) is 2.63. The molecule has 0 aromatic heterocycles. The molecule has 0 amide bonds. The highest BCUT2D eigenvalue weighted by atomic mass is 79.9. The van der Waals surface area contributed by atoms with Gasteiger partial charge in [-0.25, -0.2) is 0 Å². The largest absolute Gasteiger partial charge is 0.297 e. The molecule has 0 radical (unpaired) electrons. The first-order valence-corrected chi connectivity index (χ1v) is 5.89. The first-order chi connectivity index (χ1) is 5.93. The van der Waals surface area contributed by atoms with Crippen molar-refractivity contribution < 1.29 is 0 Å². The average molecular weight is 233 g/mol. The zero-order valence-corrected chi connectivity index (χ0v) is 9.09. The van der Waals surface area contributed by atoms with E-state index in [-0.39, 0.29) is 0 Å². The Kier molecular flexibility index (Phi) is 5.41. The molecule has 0 aromatic rings. The van der Waals surface area contributed by atoms with Crippen LogP contribution in [-0.2, 0) is 0 Å². The second-order valence-corrected chi connectivity index (χ2v) is 3.94. The molecule has 12 heavy (non-hydrogen) atoms. The SMILES string of the molecule is BrCCCCCCN1CCC=N1. The molecular weight excluding hydrogens is 216 g/mol. The third kappa shape index (κ3) is 4.10. The smallest absolute Gasteiger partial charge is 0.0410 e. The van der Waals surface area contributed by atoms with Crippen LogP contribution in [0, 0.1) is 0 Å². The molecule has 1 heterocycles. The second-order valence-electron chi connectivity index (χ2n) is 3.14. The minimum atomic E-state index is 1.14. The van der Waals surface area contributed by atoms with Crippen LogP contribution in [0.1, 0.15) is 32.1 Å². The number of nitrogens with zero attached hydrogens (tertiary/aromatic N) is 2. The van der Waals surface area contributed by atoms with E-state index in [1.807, 2.05) is 6.21 Å². The van der Waals surface area contributed by atoms with Crippen LogP contribution in [0.4, 0.5) is 0 Å². The van der Waals surface area contributed by atoms with Crippen LogP contribution in [0.2, 0.25) is 0 Å². The van der Waals surface area contributed by atoms with Crippen LogP contribution in [0.3, 0.4) is 0 Å². The van der Waals surface area contributed by atoms with Crippen molar-refractivity contribution in [3.8, 4) is 0 Å². The maximum atomic E-state index is 4.25. The molecule has 0 fully saturated rings. The first-order valence-electron chi connectivity index (χ1n) is 4.77. The fourth-order valence-electron chi connectivity index (χ4n) is 1.35. The van der Waals surface area contributed by atoms with Crippen molar-refractivity contribution >= 4 is 22.1 Å². The molecule has 0 aliphatic carbocycles. The monoisotopic (exact) mass is 232 g/mol. The zero-order valence-electron chi connectivity index (χ0n) is 7.51. The van der Waals surface area contributed by atoms with Crippen molar-refractivity contribution in [1.29, 1.82) is 0 Å². The Morgan fingerprint density at radius 1 is 1.25 bits per heavy atom. The van der Waals surface area contributed by atoms with Crippen molar-refractivity contribution in [2.45, 2.75) is 32.1 Å². The normalized spacial score (nSPS) is 15.9. The van der Waals surface area contributed by atoms with E-state index in [4.69, 9.17) is 0 Å². The summed E-state index contributed by atoms with van der Waals surface area (Å²) >= 11 is 3.43. The molecule has 1 aliphatic rings.